The van der Waals surface area contributed by atoms with E-state index in [1.165, 1.54) is 0 Å². The third kappa shape index (κ3) is 3.76. The van der Waals surface area contributed by atoms with Crippen LogP contribution in [0.3, 0.4) is 0 Å². The zero-order valence-corrected chi connectivity index (χ0v) is 13.2. The van der Waals surface area contributed by atoms with Crippen molar-refractivity contribution in [2.45, 2.75) is 39.8 Å². The van der Waals surface area contributed by atoms with Gasteiger partial charge < -0.3 is 15.4 Å². The lowest BCUT2D eigenvalue weighted by molar-refractivity contribution is 0.0611. The lowest BCUT2D eigenvalue weighted by Crippen LogP contribution is -2.47. The lowest BCUT2D eigenvalue weighted by Gasteiger charge is -2.37. The molecule has 1 aliphatic heterocycles. The molecular formula is C17H26N2O2. The predicted molar refractivity (Wildman–Crippen MR) is 83.7 cm³/mol. The Balaban J connectivity index is 2.01. The monoisotopic (exact) mass is 290 g/mol. The number of amides is 1. The molecule has 2 N–H and O–H groups in total. The van der Waals surface area contributed by atoms with Crippen LogP contribution in [0.15, 0.2) is 30.3 Å². The SMILES string of the molecule is CC(C)(C)C1C(CN)CCN1C(=O)OCc1ccccc1. The zero-order chi connectivity index (χ0) is 15.5. The highest BCUT2D eigenvalue weighted by atomic mass is 16.6. The Morgan fingerprint density at radius 1 is 1.33 bits per heavy atom. The van der Waals surface area contributed by atoms with Crippen LogP contribution in [-0.4, -0.2) is 30.1 Å². The highest BCUT2D eigenvalue weighted by molar-refractivity contribution is 5.68. The van der Waals surface area contributed by atoms with Crippen molar-refractivity contribution in [2.75, 3.05) is 13.1 Å². The summed E-state index contributed by atoms with van der Waals surface area (Å²) < 4.78 is 5.48. The summed E-state index contributed by atoms with van der Waals surface area (Å²) in [5.41, 5.74) is 6.88. The van der Waals surface area contributed by atoms with Crippen LogP contribution in [0.5, 0.6) is 0 Å². The first-order valence-corrected chi connectivity index (χ1v) is 7.61. The van der Waals surface area contributed by atoms with Gasteiger partial charge in [-0.25, -0.2) is 4.79 Å². The van der Waals surface area contributed by atoms with Crippen LogP contribution in [0.25, 0.3) is 0 Å². The first kappa shape index (κ1) is 15.8. The topological polar surface area (TPSA) is 55.6 Å². The van der Waals surface area contributed by atoms with E-state index in [0.29, 0.717) is 19.1 Å². The van der Waals surface area contributed by atoms with Gasteiger partial charge in [0.2, 0.25) is 0 Å². The fraction of sp³-hybridized carbons (Fsp3) is 0.588. The van der Waals surface area contributed by atoms with Gasteiger partial charge in [0.05, 0.1) is 0 Å². The molecular weight excluding hydrogens is 264 g/mol. The summed E-state index contributed by atoms with van der Waals surface area (Å²) in [5.74, 6) is 0.356. The van der Waals surface area contributed by atoms with Crippen molar-refractivity contribution in [2.24, 2.45) is 17.1 Å². The van der Waals surface area contributed by atoms with Gasteiger partial charge in [-0.3, -0.25) is 0 Å². The molecule has 0 radical (unpaired) electrons. The van der Waals surface area contributed by atoms with E-state index in [0.717, 1.165) is 18.5 Å². The van der Waals surface area contributed by atoms with Crippen LogP contribution < -0.4 is 5.73 Å². The molecule has 0 saturated carbocycles. The molecule has 116 valence electrons. The molecule has 1 heterocycles. The van der Waals surface area contributed by atoms with E-state index in [4.69, 9.17) is 10.5 Å². The van der Waals surface area contributed by atoms with Gasteiger partial charge in [0.1, 0.15) is 6.61 Å². The highest BCUT2D eigenvalue weighted by Crippen LogP contribution is 2.36. The number of rotatable bonds is 3. The molecule has 0 aliphatic carbocycles. The average molecular weight is 290 g/mol. The molecule has 4 heteroatoms. The Hall–Kier alpha value is -1.55. The smallest absolute Gasteiger partial charge is 0.410 e. The summed E-state index contributed by atoms with van der Waals surface area (Å²) in [4.78, 5) is 14.3. The van der Waals surface area contributed by atoms with Crippen LogP contribution in [0.2, 0.25) is 0 Å². The van der Waals surface area contributed by atoms with Crippen LogP contribution >= 0.6 is 0 Å². The van der Waals surface area contributed by atoms with E-state index in [2.05, 4.69) is 20.8 Å². The van der Waals surface area contributed by atoms with Crippen LogP contribution in [0, 0.1) is 11.3 Å². The maximum atomic E-state index is 12.4. The number of ether oxygens (including phenoxy) is 1. The molecule has 0 aromatic heterocycles. The van der Waals surface area contributed by atoms with Gasteiger partial charge >= 0.3 is 6.09 Å². The molecule has 0 bridgehead atoms. The first-order chi connectivity index (χ1) is 9.93. The minimum absolute atomic E-state index is 0.00625. The van der Waals surface area contributed by atoms with Crippen molar-refractivity contribution < 1.29 is 9.53 Å². The molecule has 1 fully saturated rings. The third-order valence-corrected chi connectivity index (χ3v) is 4.15. The van der Waals surface area contributed by atoms with Crippen LogP contribution in [0.4, 0.5) is 4.79 Å². The van der Waals surface area contributed by atoms with Crippen LogP contribution in [-0.2, 0) is 11.3 Å². The van der Waals surface area contributed by atoms with Crippen molar-refractivity contribution in [3.05, 3.63) is 35.9 Å². The quantitative estimate of drug-likeness (QED) is 0.931. The van der Waals surface area contributed by atoms with Gasteiger partial charge in [0, 0.05) is 12.6 Å². The fourth-order valence-electron chi connectivity index (χ4n) is 3.28. The molecule has 0 spiro atoms. The highest BCUT2D eigenvalue weighted by Gasteiger charge is 2.43. The predicted octanol–water partition coefficient (Wildman–Crippen LogP) is 3.02. The summed E-state index contributed by atoms with van der Waals surface area (Å²) in [6.07, 6.45) is 0.730. The van der Waals surface area contributed by atoms with Gasteiger partial charge in [-0.05, 0) is 29.9 Å². The van der Waals surface area contributed by atoms with Gasteiger partial charge in [0.25, 0.3) is 0 Å². The van der Waals surface area contributed by atoms with Gasteiger partial charge in [0.15, 0.2) is 0 Å². The van der Waals surface area contributed by atoms with E-state index in [-0.39, 0.29) is 17.6 Å². The molecule has 4 nitrogen and oxygen atoms in total. The Morgan fingerprint density at radius 3 is 2.57 bits per heavy atom. The number of benzene rings is 1. The molecule has 1 saturated heterocycles. The molecule has 2 rings (SSSR count). The Labute approximate surface area is 127 Å². The number of nitrogens with zero attached hydrogens (tertiary/aromatic N) is 1. The number of hydrogen-bond donors (Lipinski definition) is 1. The summed E-state index contributed by atoms with van der Waals surface area (Å²) in [6, 6.07) is 9.91. The average Bonchev–Trinajstić information content (AvgIpc) is 2.90. The first-order valence-electron chi connectivity index (χ1n) is 7.61. The van der Waals surface area contributed by atoms with E-state index in [9.17, 15) is 4.79 Å². The number of carbonyl (C=O) groups is 1. The second-order valence-corrected chi connectivity index (χ2v) is 6.83. The standard InChI is InChI=1S/C17H26N2O2/c1-17(2,3)15-14(11-18)9-10-19(15)16(20)21-12-13-7-5-4-6-8-13/h4-8,14-15H,9-12,18H2,1-3H3. The zero-order valence-electron chi connectivity index (χ0n) is 13.2. The molecule has 21 heavy (non-hydrogen) atoms. The van der Waals surface area contributed by atoms with Crippen molar-refractivity contribution in [3.8, 4) is 0 Å². The molecule has 2 unspecified atom stereocenters. The van der Waals surface area contributed by atoms with Crippen molar-refractivity contribution in [1.29, 1.82) is 0 Å². The number of carbonyl (C=O) groups excluding carboxylic acids is 1. The Kier molecular flexibility index (Phi) is 4.88. The van der Waals surface area contributed by atoms with Crippen molar-refractivity contribution in [3.63, 3.8) is 0 Å². The molecule has 1 amide bonds. The summed E-state index contributed by atoms with van der Waals surface area (Å²) in [7, 11) is 0. The van der Waals surface area contributed by atoms with Gasteiger partial charge in [-0.15, -0.1) is 0 Å². The minimum atomic E-state index is -0.227. The maximum absolute atomic E-state index is 12.4. The van der Waals surface area contributed by atoms with Crippen molar-refractivity contribution >= 4 is 6.09 Å². The number of likely N-dealkylation sites (tertiary alicyclic amines) is 1. The second kappa shape index (κ2) is 6.48. The van der Waals surface area contributed by atoms with Crippen LogP contribution in [0.1, 0.15) is 32.8 Å². The van der Waals surface area contributed by atoms with E-state index in [1.807, 2.05) is 35.2 Å². The van der Waals surface area contributed by atoms with Gasteiger partial charge in [-0.1, -0.05) is 51.1 Å². The van der Waals surface area contributed by atoms with Crippen molar-refractivity contribution in [1.82, 2.24) is 4.90 Å². The maximum Gasteiger partial charge on any atom is 0.410 e. The molecule has 2 atom stereocenters. The fourth-order valence-corrected chi connectivity index (χ4v) is 3.28. The van der Waals surface area contributed by atoms with Gasteiger partial charge in [-0.2, -0.15) is 0 Å². The largest absolute Gasteiger partial charge is 0.445 e. The third-order valence-electron chi connectivity index (χ3n) is 4.15. The summed E-state index contributed by atoms with van der Waals surface area (Å²) in [6.45, 7) is 8.14. The Bertz CT molecular complexity index is 467. The number of hydrogen-bond acceptors (Lipinski definition) is 3. The normalized spacial score (nSPS) is 22.4. The summed E-state index contributed by atoms with van der Waals surface area (Å²) >= 11 is 0. The molecule has 1 aromatic carbocycles. The lowest BCUT2D eigenvalue weighted by atomic mass is 9.79. The van der Waals surface area contributed by atoms with E-state index >= 15 is 0 Å². The minimum Gasteiger partial charge on any atom is -0.445 e. The molecule has 1 aliphatic rings. The number of nitrogens with two attached hydrogens (primary N) is 1. The molecule has 1 aromatic rings. The van der Waals surface area contributed by atoms with E-state index < -0.39 is 0 Å². The Morgan fingerprint density at radius 2 is 2.00 bits per heavy atom. The van der Waals surface area contributed by atoms with E-state index in [1.54, 1.807) is 0 Å². The second-order valence-electron chi connectivity index (χ2n) is 6.83. The summed E-state index contributed by atoms with van der Waals surface area (Å²) in [5, 5.41) is 0.